The van der Waals surface area contributed by atoms with Crippen molar-refractivity contribution in [3.63, 3.8) is 0 Å². The van der Waals surface area contributed by atoms with Gasteiger partial charge in [0.25, 0.3) is 0 Å². The molecule has 0 amide bonds. The zero-order chi connectivity index (χ0) is 18.3. The predicted octanol–water partition coefficient (Wildman–Crippen LogP) is 6.23. The van der Waals surface area contributed by atoms with Crippen molar-refractivity contribution in [2.75, 3.05) is 0 Å². The van der Waals surface area contributed by atoms with Crippen LogP contribution in [0.25, 0.3) is 10.8 Å². The van der Waals surface area contributed by atoms with Crippen LogP contribution in [-0.4, -0.2) is 6.04 Å². The average Bonchev–Trinajstić information content (AvgIpc) is 3.00. The number of benzene rings is 3. The normalized spacial score (nSPS) is 15.6. The van der Waals surface area contributed by atoms with Gasteiger partial charge in [-0.1, -0.05) is 86.3 Å². The van der Waals surface area contributed by atoms with E-state index in [9.17, 15) is 0 Å². The molecule has 2 heteroatoms. The van der Waals surface area contributed by atoms with Crippen molar-refractivity contribution in [3.05, 3.63) is 77.9 Å². The fourth-order valence-electron chi connectivity index (χ4n) is 4.10. The molecule has 3 aromatic carbocycles. The molecular weight excluding hydrogens is 330 g/mol. The van der Waals surface area contributed by atoms with Crippen LogP contribution in [0.2, 0.25) is 0 Å². The monoisotopic (exact) mass is 359 g/mol. The van der Waals surface area contributed by atoms with Gasteiger partial charge in [0, 0.05) is 18.2 Å². The Kier molecular flexibility index (Phi) is 6.06. The second-order valence-corrected chi connectivity index (χ2v) is 7.61. The molecule has 140 valence electrons. The lowest BCUT2D eigenvalue weighted by molar-refractivity contribution is 0.302. The molecule has 0 heterocycles. The number of hydrogen-bond acceptors (Lipinski definition) is 2. The standard InChI is InChI=1S/C25H29NO/c1-2-7-14-22(13-6-1)26-18-24-23-15-9-8-12-21(23)16-17-25(24)27-19-20-10-4-3-5-11-20/h3-5,8-12,15-17,22,26H,1-2,6-7,13-14,18-19H2. The highest BCUT2D eigenvalue weighted by atomic mass is 16.5. The van der Waals surface area contributed by atoms with E-state index in [-0.39, 0.29) is 0 Å². The van der Waals surface area contributed by atoms with Gasteiger partial charge < -0.3 is 10.1 Å². The summed E-state index contributed by atoms with van der Waals surface area (Å²) >= 11 is 0. The molecule has 0 spiro atoms. The molecular formula is C25H29NO. The van der Waals surface area contributed by atoms with E-state index in [0.29, 0.717) is 12.6 Å². The predicted molar refractivity (Wildman–Crippen MR) is 113 cm³/mol. The third-order valence-electron chi connectivity index (χ3n) is 5.66. The zero-order valence-electron chi connectivity index (χ0n) is 16.0. The SMILES string of the molecule is c1ccc(COc2ccc3ccccc3c2CNC2CCCCCC2)cc1. The molecule has 1 fully saturated rings. The molecule has 4 rings (SSSR count). The molecule has 0 radical (unpaired) electrons. The fraction of sp³-hybridized carbons (Fsp3) is 0.360. The summed E-state index contributed by atoms with van der Waals surface area (Å²) in [6.07, 6.45) is 8.07. The highest BCUT2D eigenvalue weighted by Gasteiger charge is 2.14. The first-order valence-corrected chi connectivity index (χ1v) is 10.3. The van der Waals surface area contributed by atoms with Gasteiger partial charge in [0.2, 0.25) is 0 Å². The molecule has 0 atom stereocenters. The molecule has 2 nitrogen and oxygen atoms in total. The minimum absolute atomic E-state index is 0.607. The first-order valence-electron chi connectivity index (χ1n) is 10.3. The van der Waals surface area contributed by atoms with E-state index >= 15 is 0 Å². The molecule has 0 saturated heterocycles. The molecule has 1 N–H and O–H groups in total. The van der Waals surface area contributed by atoms with Crippen molar-refractivity contribution >= 4 is 10.8 Å². The zero-order valence-corrected chi connectivity index (χ0v) is 16.0. The van der Waals surface area contributed by atoms with Crippen molar-refractivity contribution in [3.8, 4) is 5.75 Å². The van der Waals surface area contributed by atoms with E-state index in [1.54, 1.807) is 0 Å². The van der Waals surface area contributed by atoms with Gasteiger partial charge in [0.15, 0.2) is 0 Å². The van der Waals surface area contributed by atoms with Crippen LogP contribution in [-0.2, 0) is 13.2 Å². The van der Waals surface area contributed by atoms with Crippen molar-refractivity contribution in [1.82, 2.24) is 5.32 Å². The van der Waals surface area contributed by atoms with Gasteiger partial charge in [-0.25, -0.2) is 0 Å². The highest BCUT2D eigenvalue weighted by molar-refractivity contribution is 5.87. The molecule has 0 bridgehead atoms. The average molecular weight is 360 g/mol. The van der Waals surface area contributed by atoms with E-state index in [1.807, 2.05) is 6.07 Å². The summed E-state index contributed by atoms with van der Waals surface area (Å²) in [7, 11) is 0. The summed E-state index contributed by atoms with van der Waals surface area (Å²) < 4.78 is 6.26. The summed E-state index contributed by atoms with van der Waals surface area (Å²) in [6.45, 7) is 1.48. The summed E-state index contributed by atoms with van der Waals surface area (Å²) in [5, 5.41) is 6.40. The summed E-state index contributed by atoms with van der Waals surface area (Å²) in [6, 6.07) is 24.0. The lowest BCUT2D eigenvalue weighted by Crippen LogP contribution is -2.28. The van der Waals surface area contributed by atoms with Crippen LogP contribution >= 0.6 is 0 Å². The Hall–Kier alpha value is -2.32. The van der Waals surface area contributed by atoms with E-state index in [2.05, 4.69) is 66.0 Å². The van der Waals surface area contributed by atoms with Crippen LogP contribution in [0.3, 0.4) is 0 Å². The van der Waals surface area contributed by atoms with Gasteiger partial charge in [-0.05, 0) is 35.2 Å². The van der Waals surface area contributed by atoms with Crippen molar-refractivity contribution in [1.29, 1.82) is 0 Å². The van der Waals surface area contributed by atoms with Gasteiger partial charge in [-0.3, -0.25) is 0 Å². The minimum atomic E-state index is 0.607. The van der Waals surface area contributed by atoms with Crippen molar-refractivity contribution in [2.24, 2.45) is 0 Å². The summed E-state index contributed by atoms with van der Waals surface area (Å²) in [5.41, 5.74) is 2.49. The summed E-state index contributed by atoms with van der Waals surface area (Å²) in [4.78, 5) is 0. The highest BCUT2D eigenvalue weighted by Crippen LogP contribution is 2.29. The van der Waals surface area contributed by atoms with Gasteiger partial charge >= 0.3 is 0 Å². The van der Waals surface area contributed by atoms with Crippen molar-refractivity contribution in [2.45, 2.75) is 57.7 Å². The van der Waals surface area contributed by atoms with Crippen LogP contribution in [0.1, 0.15) is 49.7 Å². The van der Waals surface area contributed by atoms with E-state index < -0.39 is 0 Å². The van der Waals surface area contributed by atoms with Gasteiger partial charge in [0.1, 0.15) is 12.4 Å². The molecule has 0 aliphatic heterocycles. The largest absolute Gasteiger partial charge is 0.489 e. The van der Waals surface area contributed by atoms with Gasteiger partial charge in [-0.15, -0.1) is 0 Å². The van der Waals surface area contributed by atoms with Gasteiger partial charge in [-0.2, -0.15) is 0 Å². The quantitative estimate of drug-likeness (QED) is 0.527. The molecule has 1 saturated carbocycles. The lowest BCUT2D eigenvalue weighted by atomic mass is 10.0. The first kappa shape index (κ1) is 18.1. The Morgan fingerprint density at radius 2 is 1.52 bits per heavy atom. The Balaban J connectivity index is 1.55. The molecule has 1 aliphatic rings. The van der Waals surface area contributed by atoms with E-state index in [1.165, 1.54) is 60.4 Å². The minimum Gasteiger partial charge on any atom is -0.489 e. The van der Waals surface area contributed by atoms with Crippen molar-refractivity contribution < 1.29 is 4.74 Å². The number of hydrogen-bond donors (Lipinski definition) is 1. The second kappa shape index (κ2) is 9.05. The maximum absolute atomic E-state index is 6.26. The summed E-state index contributed by atoms with van der Waals surface area (Å²) in [5.74, 6) is 0.999. The van der Waals surface area contributed by atoms with E-state index in [4.69, 9.17) is 4.74 Å². The van der Waals surface area contributed by atoms with Crippen LogP contribution < -0.4 is 10.1 Å². The number of rotatable bonds is 6. The second-order valence-electron chi connectivity index (χ2n) is 7.61. The Morgan fingerprint density at radius 1 is 0.778 bits per heavy atom. The fourth-order valence-corrected chi connectivity index (χ4v) is 4.10. The Bertz CT molecular complexity index is 851. The number of ether oxygens (including phenoxy) is 1. The maximum atomic E-state index is 6.26. The Labute approximate surface area is 162 Å². The number of nitrogens with one attached hydrogen (secondary N) is 1. The Morgan fingerprint density at radius 3 is 2.33 bits per heavy atom. The lowest BCUT2D eigenvalue weighted by Gasteiger charge is -2.19. The number of fused-ring (bicyclic) bond motifs is 1. The van der Waals surface area contributed by atoms with Crippen LogP contribution in [0.4, 0.5) is 0 Å². The maximum Gasteiger partial charge on any atom is 0.124 e. The molecule has 27 heavy (non-hydrogen) atoms. The molecule has 0 aromatic heterocycles. The van der Waals surface area contributed by atoms with Crippen LogP contribution in [0.5, 0.6) is 5.75 Å². The van der Waals surface area contributed by atoms with Crippen LogP contribution in [0.15, 0.2) is 66.7 Å². The molecule has 0 unspecified atom stereocenters. The molecule has 3 aromatic rings. The smallest absolute Gasteiger partial charge is 0.124 e. The van der Waals surface area contributed by atoms with E-state index in [0.717, 1.165) is 12.3 Å². The van der Waals surface area contributed by atoms with Gasteiger partial charge in [0.05, 0.1) is 0 Å². The molecule has 1 aliphatic carbocycles. The van der Waals surface area contributed by atoms with Crippen LogP contribution in [0, 0.1) is 0 Å². The third kappa shape index (κ3) is 4.70. The topological polar surface area (TPSA) is 21.3 Å². The third-order valence-corrected chi connectivity index (χ3v) is 5.66. The first-order chi connectivity index (χ1) is 13.4.